The Morgan fingerprint density at radius 3 is 3.00 bits per heavy atom. The number of halogens is 1. The number of nitrogens with zero attached hydrogens (tertiary/aromatic N) is 1. The van der Waals surface area contributed by atoms with E-state index in [1.54, 1.807) is 12.3 Å². The monoisotopic (exact) mass is 242 g/mol. The highest BCUT2D eigenvalue weighted by molar-refractivity contribution is 7.22. The average Bonchev–Trinajstić information content (AvgIpc) is 2.57. The van der Waals surface area contributed by atoms with Gasteiger partial charge >= 0.3 is 5.97 Å². The van der Waals surface area contributed by atoms with E-state index in [-0.39, 0.29) is 0 Å². The lowest BCUT2D eigenvalue weighted by molar-refractivity contribution is 0.0607. The van der Waals surface area contributed by atoms with E-state index in [1.165, 1.54) is 18.4 Å². The van der Waals surface area contributed by atoms with Gasteiger partial charge in [0.15, 0.2) is 0 Å². The molecule has 15 heavy (non-hydrogen) atoms. The van der Waals surface area contributed by atoms with Crippen molar-refractivity contribution in [1.82, 2.24) is 4.98 Å². The Hall–Kier alpha value is -1.33. The fraction of sp³-hybridized carbons (Fsp3) is 0.111. The molecule has 6 heteroatoms. The van der Waals surface area contributed by atoms with Gasteiger partial charge in [0.1, 0.15) is 10.4 Å². The van der Waals surface area contributed by atoms with Crippen molar-refractivity contribution in [1.29, 1.82) is 0 Å². The highest BCUT2D eigenvalue weighted by atomic mass is 35.5. The number of esters is 1. The van der Waals surface area contributed by atoms with Crippen molar-refractivity contribution in [3.63, 3.8) is 0 Å². The average molecular weight is 243 g/mol. The van der Waals surface area contributed by atoms with E-state index in [2.05, 4.69) is 9.72 Å². The standard InChI is InChI=1S/C9H7ClN2O2S/c1-14-9(13)8-5(11)6-7(15-8)4(10)2-3-12-6/h2-3H,11H2,1H3. The second-order valence-electron chi connectivity index (χ2n) is 2.81. The van der Waals surface area contributed by atoms with Crippen molar-refractivity contribution in [2.45, 2.75) is 0 Å². The molecule has 2 rings (SSSR count). The van der Waals surface area contributed by atoms with Crippen LogP contribution in [0.15, 0.2) is 12.3 Å². The Morgan fingerprint density at radius 1 is 1.67 bits per heavy atom. The second-order valence-corrected chi connectivity index (χ2v) is 4.23. The van der Waals surface area contributed by atoms with E-state index < -0.39 is 5.97 Å². The molecule has 4 nitrogen and oxygen atoms in total. The predicted molar refractivity (Wildman–Crippen MR) is 60.4 cm³/mol. The van der Waals surface area contributed by atoms with Crippen LogP contribution in [0.25, 0.3) is 10.2 Å². The number of nitrogens with two attached hydrogens (primary N) is 1. The number of hydrogen-bond acceptors (Lipinski definition) is 5. The maximum absolute atomic E-state index is 11.4. The number of carbonyl (C=O) groups is 1. The van der Waals surface area contributed by atoms with Crippen LogP contribution in [0.1, 0.15) is 9.67 Å². The van der Waals surface area contributed by atoms with Gasteiger partial charge in [0.05, 0.1) is 22.5 Å². The molecule has 78 valence electrons. The van der Waals surface area contributed by atoms with E-state index in [0.29, 0.717) is 25.8 Å². The number of methoxy groups -OCH3 is 1. The molecule has 0 saturated carbocycles. The number of thiophene rings is 1. The van der Waals surface area contributed by atoms with Gasteiger partial charge in [-0.05, 0) is 6.07 Å². The number of hydrogen-bond donors (Lipinski definition) is 1. The summed E-state index contributed by atoms with van der Waals surface area (Å²) in [5.41, 5.74) is 6.65. The summed E-state index contributed by atoms with van der Waals surface area (Å²) < 4.78 is 5.31. The van der Waals surface area contributed by atoms with Crippen LogP contribution in [0, 0.1) is 0 Å². The molecule has 0 aliphatic heterocycles. The molecule has 2 aromatic heterocycles. The quantitative estimate of drug-likeness (QED) is 0.780. The minimum atomic E-state index is -0.466. The molecule has 0 fully saturated rings. The van der Waals surface area contributed by atoms with Crippen LogP contribution in [0.4, 0.5) is 5.69 Å². The van der Waals surface area contributed by atoms with Gasteiger partial charge in [-0.2, -0.15) is 0 Å². The third-order valence-electron chi connectivity index (χ3n) is 1.93. The van der Waals surface area contributed by atoms with Crippen molar-refractivity contribution < 1.29 is 9.53 Å². The van der Waals surface area contributed by atoms with Crippen LogP contribution in [0.3, 0.4) is 0 Å². The molecule has 2 aromatic rings. The van der Waals surface area contributed by atoms with E-state index in [4.69, 9.17) is 17.3 Å². The molecule has 0 spiro atoms. The van der Waals surface area contributed by atoms with Crippen molar-refractivity contribution in [2.75, 3.05) is 12.8 Å². The number of rotatable bonds is 1. The molecule has 0 aromatic carbocycles. The molecule has 0 aliphatic rings. The largest absolute Gasteiger partial charge is 0.465 e. The zero-order chi connectivity index (χ0) is 11.0. The summed E-state index contributed by atoms with van der Waals surface area (Å²) in [5.74, 6) is -0.466. The Kier molecular flexibility index (Phi) is 2.50. The van der Waals surface area contributed by atoms with E-state index in [0.717, 1.165) is 0 Å². The van der Waals surface area contributed by atoms with Crippen molar-refractivity contribution in [3.05, 3.63) is 22.2 Å². The van der Waals surface area contributed by atoms with E-state index in [9.17, 15) is 4.79 Å². The molecular weight excluding hydrogens is 236 g/mol. The van der Waals surface area contributed by atoms with Crippen LogP contribution < -0.4 is 5.73 Å². The first-order valence-electron chi connectivity index (χ1n) is 4.06. The van der Waals surface area contributed by atoms with Crippen LogP contribution in [0.5, 0.6) is 0 Å². The van der Waals surface area contributed by atoms with Crippen LogP contribution in [-0.4, -0.2) is 18.1 Å². The Bertz CT molecular complexity index is 538. The number of ether oxygens (including phenoxy) is 1. The second kappa shape index (κ2) is 3.67. The Morgan fingerprint density at radius 2 is 2.40 bits per heavy atom. The molecule has 0 bridgehead atoms. The lowest BCUT2D eigenvalue weighted by Gasteiger charge is -1.95. The lowest BCUT2D eigenvalue weighted by Crippen LogP contribution is -2.01. The molecule has 0 unspecified atom stereocenters. The topological polar surface area (TPSA) is 65.2 Å². The number of anilines is 1. The fourth-order valence-corrected chi connectivity index (χ4v) is 2.49. The molecule has 0 saturated heterocycles. The summed E-state index contributed by atoms with van der Waals surface area (Å²) >= 11 is 7.14. The third-order valence-corrected chi connectivity index (χ3v) is 3.57. The molecule has 2 N–H and O–H groups in total. The third kappa shape index (κ3) is 1.53. The minimum absolute atomic E-state index is 0.323. The Labute approximate surface area is 94.6 Å². The lowest BCUT2D eigenvalue weighted by atomic mass is 10.3. The highest BCUT2D eigenvalue weighted by Crippen LogP contribution is 2.36. The first-order chi connectivity index (χ1) is 7.15. The maximum Gasteiger partial charge on any atom is 0.350 e. The van der Waals surface area contributed by atoms with Gasteiger partial charge in [-0.15, -0.1) is 11.3 Å². The molecule has 0 atom stereocenters. The van der Waals surface area contributed by atoms with Gasteiger partial charge in [0.25, 0.3) is 0 Å². The smallest absolute Gasteiger partial charge is 0.350 e. The highest BCUT2D eigenvalue weighted by Gasteiger charge is 2.18. The summed E-state index contributed by atoms with van der Waals surface area (Å²) in [6, 6.07) is 1.65. The van der Waals surface area contributed by atoms with Gasteiger partial charge in [-0.25, -0.2) is 4.79 Å². The van der Waals surface area contributed by atoms with E-state index >= 15 is 0 Å². The zero-order valence-electron chi connectivity index (χ0n) is 7.78. The minimum Gasteiger partial charge on any atom is -0.465 e. The number of pyridine rings is 1. The Balaban J connectivity index is 2.75. The SMILES string of the molecule is COC(=O)c1sc2c(Cl)ccnc2c1N. The number of carbonyl (C=O) groups excluding carboxylic acids is 1. The van der Waals surface area contributed by atoms with Crippen LogP contribution >= 0.6 is 22.9 Å². The molecule has 0 amide bonds. The number of nitrogen functional groups attached to an aromatic ring is 1. The predicted octanol–water partition coefficient (Wildman–Crippen LogP) is 2.32. The van der Waals surface area contributed by atoms with Crippen molar-refractivity contribution in [2.24, 2.45) is 0 Å². The first kappa shape index (κ1) is 10.2. The van der Waals surface area contributed by atoms with Gasteiger partial charge in [0.2, 0.25) is 0 Å². The number of fused-ring (bicyclic) bond motifs is 1. The summed E-state index contributed by atoms with van der Waals surface area (Å²) in [5, 5.41) is 0.534. The van der Waals surface area contributed by atoms with Crippen LogP contribution in [0.2, 0.25) is 5.02 Å². The summed E-state index contributed by atoms with van der Waals surface area (Å²) in [6.45, 7) is 0. The fourth-order valence-electron chi connectivity index (χ4n) is 1.22. The van der Waals surface area contributed by atoms with Gasteiger partial charge in [0, 0.05) is 6.20 Å². The number of aromatic nitrogens is 1. The molecule has 0 radical (unpaired) electrons. The summed E-state index contributed by atoms with van der Waals surface area (Å²) in [4.78, 5) is 15.8. The van der Waals surface area contributed by atoms with Gasteiger partial charge < -0.3 is 10.5 Å². The normalized spacial score (nSPS) is 10.5. The van der Waals surface area contributed by atoms with E-state index in [1.807, 2.05) is 0 Å². The zero-order valence-corrected chi connectivity index (χ0v) is 9.35. The summed E-state index contributed by atoms with van der Waals surface area (Å²) in [6.07, 6.45) is 1.55. The van der Waals surface area contributed by atoms with Gasteiger partial charge in [-0.1, -0.05) is 11.6 Å². The molecular formula is C9H7ClN2O2S. The molecule has 2 heterocycles. The van der Waals surface area contributed by atoms with Crippen molar-refractivity contribution in [3.8, 4) is 0 Å². The first-order valence-corrected chi connectivity index (χ1v) is 5.25. The van der Waals surface area contributed by atoms with Gasteiger partial charge in [-0.3, -0.25) is 4.98 Å². The van der Waals surface area contributed by atoms with Crippen molar-refractivity contribution >= 4 is 44.8 Å². The molecule has 0 aliphatic carbocycles. The van der Waals surface area contributed by atoms with Crippen LogP contribution in [-0.2, 0) is 4.74 Å². The maximum atomic E-state index is 11.4. The summed E-state index contributed by atoms with van der Waals surface area (Å²) in [7, 11) is 1.31.